The van der Waals surface area contributed by atoms with E-state index in [1.807, 2.05) is 47.8 Å². The van der Waals surface area contributed by atoms with E-state index >= 15 is 0 Å². The number of thiophene rings is 1. The molecule has 0 aliphatic carbocycles. The third kappa shape index (κ3) is 5.45. The summed E-state index contributed by atoms with van der Waals surface area (Å²) in [7, 11) is -3.15. The molecule has 108 valence electrons. The second-order valence-electron chi connectivity index (χ2n) is 4.63. The zero-order valence-electron chi connectivity index (χ0n) is 11.3. The average molecular weight is 309 g/mol. The van der Waals surface area contributed by atoms with Crippen molar-refractivity contribution in [3.8, 4) is 0 Å². The minimum Gasteiger partial charge on any atom is -0.215 e. The molecule has 0 saturated carbocycles. The molecule has 5 heteroatoms. The van der Waals surface area contributed by atoms with Gasteiger partial charge in [-0.05, 0) is 36.3 Å². The van der Waals surface area contributed by atoms with E-state index in [0.29, 0.717) is 13.0 Å². The van der Waals surface area contributed by atoms with E-state index in [1.165, 1.54) is 10.4 Å². The molecule has 0 radical (unpaired) electrons. The first-order valence-corrected chi connectivity index (χ1v) is 9.22. The van der Waals surface area contributed by atoms with Gasteiger partial charge in [-0.15, -0.1) is 11.3 Å². The third-order valence-electron chi connectivity index (χ3n) is 2.99. The summed E-state index contributed by atoms with van der Waals surface area (Å²) in [6.07, 6.45) is 2.21. The highest BCUT2D eigenvalue weighted by atomic mass is 32.2. The molecular formula is C15H19NO2S2. The largest absolute Gasteiger partial charge is 0.215 e. The Morgan fingerprint density at radius 1 is 1.00 bits per heavy atom. The summed E-state index contributed by atoms with van der Waals surface area (Å²) < 4.78 is 26.3. The Kier molecular flexibility index (Phi) is 5.76. The first-order valence-electron chi connectivity index (χ1n) is 6.69. The lowest BCUT2D eigenvalue weighted by molar-refractivity contribution is 0.579. The Morgan fingerprint density at radius 3 is 2.50 bits per heavy atom. The molecule has 1 aromatic carbocycles. The topological polar surface area (TPSA) is 46.2 Å². The van der Waals surface area contributed by atoms with E-state index in [0.717, 1.165) is 12.8 Å². The van der Waals surface area contributed by atoms with Gasteiger partial charge in [0.05, 0.1) is 5.75 Å². The predicted molar refractivity (Wildman–Crippen MR) is 84.6 cm³/mol. The highest BCUT2D eigenvalue weighted by Crippen LogP contribution is 2.08. The van der Waals surface area contributed by atoms with Crippen molar-refractivity contribution in [2.24, 2.45) is 0 Å². The van der Waals surface area contributed by atoms with Gasteiger partial charge >= 0.3 is 0 Å². The minimum atomic E-state index is -3.15. The smallest absolute Gasteiger partial charge is 0.211 e. The first-order chi connectivity index (χ1) is 9.66. The van der Waals surface area contributed by atoms with Gasteiger partial charge in [0.25, 0.3) is 0 Å². The van der Waals surface area contributed by atoms with Crippen LogP contribution in [0.2, 0.25) is 0 Å². The van der Waals surface area contributed by atoms with Crippen LogP contribution < -0.4 is 4.72 Å². The number of hydrogen-bond donors (Lipinski definition) is 1. The van der Waals surface area contributed by atoms with Crippen LogP contribution in [0.25, 0.3) is 0 Å². The number of hydrogen-bond acceptors (Lipinski definition) is 3. The van der Waals surface area contributed by atoms with Crippen molar-refractivity contribution in [2.45, 2.75) is 19.3 Å². The van der Waals surface area contributed by atoms with Crippen LogP contribution in [-0.4, -0.2) is 20.7 Å². The Morgan fingerprint density at radius 2 is 1.80 bits per heavy atom. The molecule has 0 aliphatic heterocycles. The molecule has 2 aromatic rings. The zero-order valence-corrected chi connectivity index (χ0v) is 12.9. The van der Waals surface area contributed by atoms with Crippen LogP contribution in [0.4, 0.5) is 0 Å². The molecule has 1 N–H and O–H groups in total. The Balaban J connectivity index is 1.68. The predicted octanol–water partition coefficient (Wildman–Crippen LogP) is 2.84. The Bertz CT molecular complexity index is 592. The summed E-state index contributed by atoms with van der Waals surface area (Å²) in [6.45, 7) is 0.480. The van der Waals surface area contributed by atoms with Crippen molar-refractivity contribution in [3.63, 3.8) is 0 Å². The summed E-state index contributed by atoms with van der Waals surface area (Å²) in [5.41, 5.74) is 1.18. The molecule has 0 bridgehead atoms. The Labute approximate surface area is 124 Å². The molecular weight excluding hydrogens is 290 g/mol. The monoisotopic (exact) mass is 309 g/mol. The number of sulfonamides is 1. The normalized spacial score (nSPS) is 11.6. The van der Waals surface area contributed by atoms with Gasteiger partial charge in [0.2, 0.25) is 10.0 Å². The maximum atomic E-state index is 11.8. The van der Waals surface area contributed by atoms with E-state index in [2.05, 4.69) is 4.72 Å². The van der Waals surface area contributed by atoms with Crippen molar-refractivity contribution in [3.05, 3.63) is 58.3 Å². The lowest BCUT2D eigenvalue weighted by atomic mass is 10.1. The van der Waals surface area contributed by atoms with Crippen LogP contribution in [0.15, 0.2) is 47.8 Å². The van der Waals surface area contributed by atoms with E-state index in [-0.39, 0.29) is 5.75 Å². The fraction of sp³-hybridized carbons (Fsp3) is 0.333. The summed E-state index contributed by atoms with van der Waals surface area (Å²) >= 11 is 1.65. The molecule has 20 heavy (non-hydrogen) atoms. The molecule has 3 nitrogen and oxygen atoms in total. The first kappa shape index (κ1) is 15.2. The van der Waals surface area contributed by atoms with Gasteiger partial charge in [0.1, 0.15) is 0 Å². The summed E-state index contributed by atoms with van der Waals surface area (Å²) in [5, 5.41) is 2.00. The minimum absolute atomic E-state index is 0.187. The molecule has 0 fully saturated rings. The van der Waals surface area contributed by atoms with Crippen LogP contribution in [0, 0.1) is 0 Å². The van der Waals surface area contributed by atoms with Gasteiger partial charge in [-0.2, -0.15) is 0 Å². The maximum Gasteiger partial charge on any atom is 0.211 e. The number of benzene rings is 1. The lowest BCUT2D eigenvalue weighted by Gasteiger charge is -2.06. The molecule has 0 amide bonds. The number of rotatable bonds is 8. The average Bonchev–Trinajstić information content (AvgIpc) is 2.93. The summed E-state index contributed by atoms with van der Waals surface area (Å²) in [6, 6.07) is 14.0. The quantitative estimate of drug-likeness (QED) is 0.815. The van der Waals surface area contributed by atoms with Crippen LogP contribution in [0.1, 0.15) is 16.9 Å². The zero-order chi connectivity index (χ0) is 14.3. The lowest BCUT2D eigenvalue weighted by Crippen LogP contribution is -2.28. The molecule has 0 spiro atoms. The van der Waals surface area contributed by atoms with E-state index < -0.39 is 10.0 Å². The fourth-order valence-corrected chi connectivity index (χ4v) is 3.76. The third-order valence-corrected chi connectivity index (χ3v) is 5.40. The molecule has 0 unspecified atom stereocenters. The van der Waals surface area contributed by atoms with Gasteiger partial charge in [-0.25, -0.2) is 13.1 Å². The highest BCUT2D eigenvalue weighted by Gasteiger charge is 2.09. The SMILES string of the molecule is O=S(=O)(CCCc1ccccc1)NCCc1cccs1. The van der Waals surface area contributed by atoms with Crippen LogP contribution in [-0.2, 0) is 22.9 Å². The highest BCUT2D eigenvalue weighted by molar-refractivity contribution is 7.89. The molecule has 0 aliphatic rings. The summed E-state index contributed by atoms with van der Waals surface area (Å²) in [4.78, 5) is 1.21. The van der Waals surface area contributed by atoms with Crippen molar-refractivity contribution >= 4 is 21.4 Å². The molecule has 0 atom stereocenters. The van der Waals surface area contributed by atoms with E-state index in [9.17, 15) is 8.42 Å². The van der Waals surface area contributed by atoms with Gasteiger partial charge in [-0.1, -0.05) is 36.4 Å². The second-order valence-corrected chi connectivity index (χ2v) is 7.59. The van der Waals surface area contributed by atoms with Crippen LogP contribution in [0.3, 0.4) is 0 Å². The number of aryl methyl sites for hydroxylation is 1. The van der Waals surface area contributed by atoms with Crippen LogP contribution >= 0.6 is 11.3 Å². The van der Waals surface area contributed by atoms with Crippen LogP contribution in [0.5, 0.6) is 0 Å². The molecule has 1 heterocycles. The number of nitrogens with one attached hydrogen (secondary N) is 1. The van der Waals surface area contributed by atoms with Crippen molar-refractivity contribution in [1.82, 2.24) is 4.72 Å². The maximum absolute atomic E-state index is 11.8. The van der Waals surface area contributed by atoms with E-state index in [1.54, 1.807) is 11.3 Å². The van der Waals surface area contributed by atoms with Gasteiger partial charge in [-0.3, -0.25) is 0 Å². The van der Waals surface area contributed by atoms with Gasteiger partial charge in [0.15, 0.2) is 0 Å². The van der Waals surface area contributed by atoms with E-state index in [4.69, 9.17) is 0 Å². The van der Waals surface area contributed by atoms with Gasteiger partial charge in [0, 0.05) is 11.4 Å². The second kappa shape index (κ2) is 7.57. The summed E-state index contributed by atoms with van der Waals surface area (Å²) in [5.74, 6) is 0.187. The Hall–Kier alpha value is -1.17. The molecule has 0 saturated heterocycles. The molecule has 2 rings (SSSR count). The molecule has 1 aromatic heterocycles. The van der Waals surface area contributed by atoms with Crippen molar-refractivity contribution in [1.29, 1.82) is 0 Å². The van der Waals surface area contributed by atoms with Crippen molar-refractivity contribution in [2.75, 3.05) is 12.3 Å². The standard InChI is InChI=1S/C15H19NO2S2/c17-20(18,16-11-10-15-9-4-12-19-15)13-5-8-14-6-2-1-3-7-14/h1-4,6-7,9,12,16H,5,8,10-11,13H2. The van der Waals surface area contributed by atoms with Gasteiger partial charge < -0.3 is 0 Å². The fourth-order valence-electron chi connectivity index (χ4n) is 1.97. The van der Waals surface area contributed by atoms with Crippen molar-refractivity contribution < 1.29 is 8.42 Å².